The first-order valence-corrected chi connectivity index (χ1v) is 6.14. The van der Waals surface area contributed by atoms with Crippen molar-refractivity contribution >= 4 is 11.7 Å². The first-order valence-electron chi connectivity index (χ1n) is 6.14. The zero-order chi connectivity index (χ0) is 14.9. The number of aromatic carboxylic acids is 1. The highest BCUT2D eigenvalue weighted by molar-refractivity contribution is 5.86. The molecule has 5 nitrogen and oxygen atoms in total. The van der Waals surface area contributed by atoms with Crippen molar-refractivity contribution in [1.82, 2.24) is 4.98 Å². The number of nitrogens with two attached hydrogens (primary N) is 1. The Balaban J connectivity index is 2.44. The standard InChI is InChI=1S/C15H16N2O3/c1-8-6-9(2)10(3)13(7-8)20-14-11(16)4-5-12(17-14)15(18)19/h4-7H,16H2,1-3H3,(H,18,19). The predicted molar refractivity (Wildman–Crippen MR) is 76.3 cm³/mol. The minimum absolute atomic E-state index is 0.101. The van der Waals surface area contributed by atoms with Crippen LogP contribution >= 0.6 is 0 Å². The van der Waals surface area contributed by atoms with Crippen molar-refractivity contribution in [3.8, 4) is 11.6 Å². The molecule has 0 saturated heterocycles. The van der Waals surface area contributed by atoms with Gasteiger partial charge in [-0.1, -0.05) is 6.07 Å². The van der Waals surface area contributed by atoms with Crippen molar-refractivity contribution in [3.63, 3.8) is 0 Å². The van der Waals surface area contributed by atoms with E-state index in [4.69, 9.17) is 15.6 Å². The minimum Gasteiger partial charge on any atom is -0.477 e. The molecule has 0 bridgehead atoms. The highest BCUT2D eigenvalue weighted by Gasteiger charge is 2.12. The zero-order valence-electron chi connectivity index (χ0n) is 11.6. The van der Waals surface area contributed by atoms with Crippen LogP contribution in [0.3, 0.4) is 0 Å². The Morgan fingerprint density at radius 2 is 1.95 bits per heavy atom. The van der Waals surface area contributed by atoms with Gasteiger partial charge in [-0.15, -0.1) is 0 Å². The number of aryl methyl sites for hydroxylation is 2. The summed E-state index contributed by atoms with van der Waals surface area (Å²) in [6.07, 6.45) is 0. The van der Waals surface area contributed by atoms with Gasteiger partial charge in [0.1, 0.15) is 5.75 Å². The summed E-state index contributed by atoms with van der Waals surface area (Å²) in [5.41, 5.74) is 9.09. The lowest BCUT2D eigenvalue weighted by Crippen LogP contribution is -2.04. The number of pyridine rings is 1. The lowest BCUT2D eigenvalue weighted by atomic mass is 10.1. The first kappa shape index (κ1) is 13.9. The maximum atomic E-state index is 10.9. The molecule has 0 unspecified atom stereocenters. The lowest BCUT2D eigenvalue weighted by Gasteiger charge is -2.13. The number of anilines is 1. The fraction of sp³-hybridized carbons (Fsp3) is 0.200. The topological polar surface area (TPSA) is 85.4 Å². The molecule has 2 rings (SSSR count). The van der Waals surface area contributed by atoms with Gasteiger partial charge in [0.15, 0.2) is 5.69 Å². The van der Waals surface area contributed by atoms with Gasteiger partial charge in [0, 0.05) is 0 Å². The molecule has 1 heterocycles. The smallest absolute Gasteiger partial charge is 0.354 e. The van der Waals surface area contributed by atoms with E-state index in [0.29, 0.717) is 11.4 Å². The summed E-state index contributed by atoms with van der Waals surface area (Å²) in [6.45, 7) is 5.88. The van der Waals surface area contributed by atoms with Crippen LogP contribution in [0.15, 0.2) is 24.3 Å². The maximum Gasteiger partial charge on any atom is 0.354 e. The van der Waals surface area contributed by atoms with E-state index in [1.54, 1.807) is 0 Å². The lowest BCUT2D eigenvalue weighted by molar-refractivity contribution is 0.0689. The van der Waals surface area contributed by atoms with Crippen molar-refractivity contribution in [2.45, 2.75) is 20.8 Å². The van der Waals surface area contributed by atoms with Crippen LogP contribution in [0.1, 0.15) is 27.2 Å². The molecule has 1 aromatic carbocycles. The van der Waals surface area contributed by atoms with Gasteiger partial charge in [0.25, 0.3) is 0 Å². The molecule has 0 fully saturated rings. The molecule has 0 spiro atoms. The van der Waals surface area contributed by atoms with E-state index in [2.05, 4.69) is 4.98 Å². The van der Waals surface area contributed by atoms with E-state index in [1.165, 1.54) is 12.1 Å². The van der Waals surface area contributed by atoms with Crippen LogP contribution in [0, 0.1) is 20.8 Å². The highest BCUT2D eigenvalue weighted by atomic mass is 16.5. The number of carboxylic acid groups (broad SMARTS) is 1. The molecular weight excluding hydrogens is 256 g/mol. The van der Waals surface area contributed by atoms with E-state index in [9.17, 15) is 4.79 Å². The molecule has 1 aromatic heterocycles. The second kappa shape index (κ2) is 5.21. The maximum absolute atomic E-state index is 10.9. The summed E-state index contributed by atoms with van der Waals surface area (Å²) >= 11 is 0. The van der Waals surface area contributed by atoms with Crippen LogP contribution in [0.5, 0.6) is 11.6 Å². The quantitative estimate of drug-likeness (QED) is 0.896. The number of ether oxygens (including phenoxy) is 1. The highest BCUT2D eigenvalue weighted by Crippen LogP contribution is 2.30. The Kier molecular flexibility index (Phi) is 3.61. The van der Waals surface area contributed by atoms with Crippen LogP contribution in [0.4, 0.5) is 5.69 Å². The number of nitrogens with zero attached hydrogens (tertiary/aromatic N) is 1. The minimum atomic E-state index is -1.12. The van der Waals surface area contributed by atoms with Crippen molar-refractivity contribution in [3.05, 3.63) is 46.6 Å². The number of aromatic nitrogens is 1. The van der Waals surface area contributed by atoms with Crippen LogP contribution < -0.4 is 10.5 Å². The third-order valence-corrected chi connectivity index (χ3v) is 3.08. The van der Waals surface area contributed by atoms with Gasteiger partial charge in [-0.2, -0.15) is 0 Å². The Labute approximate surface area is 117 Å². The first-order chi connectivity index (χ1) is 9.38. The number of carboxylic acids is 1. The van der Waals surface area contributed by atoms with E-state index in [0.717, 1.165) is 16.7 Å². The second-order valence-corrected chi connectivity index (χ2v) is 4.70. The number of hydrogen-bond acceptors (Lipinski definition) is 4. The summed E-state index contributed by atoms with van der Waals surface area (Å²) in [5.74, 6) is -0.380. The molecule has 0 amide bonds. The Hall–Kier alpha value is -2.56. The van der Waals surface area contributed by atoms with Gasteiger partial charge in [-0.3, -0.25) is 0 Å². The fourth-order valence-corrected chi connectivity index (χ4v) is 1.86. The van der Waals surface area contributed by atoms with Gasteiger partial charge in [-0.05, 0) is 55.7 Å². The third-order valence-electron chi connectivity index (χ3n) is 3.08. The molecule has 104 valence electrons. The SMILES string of the molecule is Cc1cc(C)c(C)c(Oc2nc(C(=O)O)ccc2N)c1. The van der Waals surface area contributed by atoms with Crippen LogP contribution in [-0.4, -0.2) is 16.1 Å². The van der Waals surface area contributed by atoms with Crippen molar-refractivity contribution in [2.24, 2.45) is 0 Å². The molecular formula is C15H16N2O3. The molecule has 20 heavy (non-hydrogen) atoms. The summed E-state index contributed by atoms with van der Waals surface area (Å²) in [4.78, 5) is 14.9. The predicted octanol–water partition coefficient (Wildman–Crippen LogP) is 3.08. The molecule has 0 aliphatic carbocycles. The largest absolute Gasteiger partial charge is 0.477 e. The van der Waals surface area contributed by atoms with E-state index >= 15 is 0 Å². The van der Waals surface area contributed by atoms with Crippen molar-refractivity contribution in [1.29, 1.82) is 0 Å². The third kappa shape index (κ3) is 2.71. The molecule has 0 radical (unpaired) electrons. The van der Waals surface area contributed by atoms with Gasteiger partial charge in [0.2, 0.25) is 5.88 Å². The summed E-state index contributed by atoms with van der Waals surface area (Å²) < 4.78 is 5.69. The number of carbonyl (C=O) groups is 1. The molecule has 2 aromatic rings. The number of benzene rings is 1. The second-order valence-electron chi connectivity index (χ2n) is 4.70. The Morgan fingerprint density at radius 3 is 2.60 bits per heavy atom. The fourth-order valence-electron chi connectivity index (χ4n) is 1.86. The van der Waals surface area contributed by atoms with Gasteiger partial charge < -0.3 is 15.6 Å². The molecule has 3 N–H and O–H groups in total. The van der Waals surface area contributed by atoms with E-state index in [-0.39, 0.29) is 11.6 Å². The van der Waals surface area contributed by atoms with E-state index < -0.39 is 5.97 Å². The number of rotatable bonds is 3. The van der Waals surface area contributed by atoms with Crippen LogP contribution in [-0.2, 0) is 0 Å². The molecule has 0 saturated carbocycles. The zero-order valence-corrected chi connectivity index (χ0v) is 11.6. The Morgan fingerprint density at radius 1 is 1.25 bits per heavy atom. The average molecular weight is 272 g/mol. The van der Waals surface area contributed by atoms with Gasteiger partial charge >= 0.3 is 5.97 Å². The van der Waals surface area contributed by atoms with Crippen LogP contribution in [0.25, 0.3) is 0 Å². The number of nitrogen functional groups attached to an aromatic ring is 1. The van der Waals surface area contributed by atoms with Crippen molar-refractivity contribution < 1.29 is 14.6 Å². The summed E-state index contributed by atoms with van der Waals surface area (Å²) in [6, 6.07) is 6.74. The van der Waals surface area contributed by atoms with Crippen LogP contribution in [0.2, 0.25) is 0 Å². The molecule has 0 aliphatic rings. The summed E-state index contributed by atoms with van der Waals surface area (Å²) in [7, 11) is 0. The van der Waals surface area contributed by atoms with E-state index in [1.807, 2.05) is 32.9 Å². The molecule has 0 atom stereocenters. The molecule has 5 heteroatoms. The molecule has 0 aliphatic heterocycles. The van der Waals surface area contributed by atoms with Crippen molar-refractivity contribution in [2.75, 3.05) is 5.73 Å². The number of hydrogen-bond donors (Lipinski definition) is 2. The Bertz CT molecular complexity index is 681. The average Bonchev–Trinajstić information content (AvgIpc) is 2.37. The van der Waals surface area contributed by atoms with Gasteiger partial charge in [0.05, 0.1) is 5.69 Å². The van der Waals surface area contributed by atoms with Gasteiger partial charge in [-0.25, -0.2) is 9.78 Å². The normalized spacial score (nSPS) is 10.3. The monoisotopic (exact) mass is 272 g/mol. The summed E-state index contributed by atoms with van der Waals surface area (Å²) in [5, 5.41) is 8.95.